The van der Waals surface area contributed by atoms with E-state index in [4.69, 9.17) is 0 Å². The van der Waals surface area contributed by atoms with E-state index in [0.29, 0.717) is 0 Å². The fraction of sp³-hybridized carbons (Fsp3) is 0.273. The van der Waals surface area contributed by atoms with Crippen LogP contribution < -0.4 is 10.6 Å². The largest absolute Gasteiger partial charge is 0.416 e. The number of aliphatic hydroxyl groups excluding tert-OH is 1. The Morgan fingerprint density at radius 3 is 2.16 bits per heavy atom. The quantitative estimate of drug-likeness (QED) is 0.702. The molecule has 0 bridgehead atoms. The molecule has 3 N–H and O–H groups in total. The maximum absolute atomic E-state index is 12.4. The lowest BCUT2D eigenvalue weighted by atomic mass is 10.0. The van der Waals surface area contributed by atoms with Crippen molar-refractivity contribution in [2.45, 2.75) is 18.3 Å². The first-order chi connectivity index (χ1) is 8.79. The third-order valence-electron chi connectivity index (χ3n) is 2.70. The van der Waals surface area contributed by atoms with Crippen LogP contribution in [-0.2, 0) is 11.0 Å². The topological polar surface area (TPSA) is 78.4 Å². The highest BCUT2D eigenvalue weighted by Crippen LogP contribution is 2.30. The second-order valence-electron chi connectivity index (χ2n) is 4.00. The summed E-state index contributed by atoms with van der Waals surface area (Å²) in [6, 6.07) is 1.77. The van der Waals surface area contributed by atoms with Crippen LogP contribution in [0.15, 0.2) is 24.3 Å². The maximum atomic E-state index is 12.4. The SMILES string of the molecule is O=C1NC(=O)C(C(O)c2ccc(C(F)(F)F)cc2)N1. The molecule has 2 rings (SSSR count). The maximum Gasteiger partial charge on any atom is 0.416 e. The van der Waals surface area contributed by atoms with Gasteiger partial charge in [-0.2, -0.15) is 13.2 Å². The smallest absolute Gasteiger partial charge is 0.386 e. The number of imide groups is 1. The Kier molecular flexibility index (Phi) is 3.19. The van der Waals surface area contributed by atoms with Gasteiger partial charge < -0.3 is 10.4 Å². The molecular formula is C11H9F3N2O3. The van der Waals surface area contributed by atoms with Crippen LogP contribution in [0.1, 0.15) is 17.2 Å². The number of hydrogen-bond acceptors (Lipinski definition) is 3. The van der Waals surface area contributed by atoms with E-state index in [-0.39, 0.29) is 5.56 Å². The summed E-state index contributed by atoms with van der Waals surface area (Å²) in [4.78, 5) is 22.2. The standard InChI is InChI=1S/C11H9F3N2O3/c12-11(13,14)6-3-1-5(2-4-6)8(17)7-9(18)16-10(19)15-7/h1-4,7-8,17H,(H2,15,16,18,19). The predicted molar refractivity (Wildman–Crippen MR) is 56.9 cm³/mol. The van der Waals surface area contributed by atoms with Crippen molar-refractivity contribution in [1.29, 1.82) is 0 Å². The molecule has 1 aromatic carbocycles. The number of urea groups is 1. The first kappa shape index (κ1) is 13.3. The Hall–Kier alpha value is -2.09. The minimum Gasteiger partial charge on any atom is -0.386 e. The normalized spacial score (nSPS) is 20.9. The Balaban J connectivity index is 2.18. The van der Waals surface area contributed by atoms with Gasteiger partial charge >= 0.3 is 12.2 Å². The predicted octanol–water partition coefficient (Wildman–Crippen LogP) is 0.947. The summed E-state index contributed by atoms with van der Waals surface area (Å²) in [7, 11) is 0. The van der Waals surface area contributed by atoms with Crippen molar-refractivity contribution < 1.29 is 27.9 Å². The molecule has 1 aromatic rings. The molecule has 102 valence electrons. The number of hydrogen-bond donors (Lipinski definition) is 3. The lowest BCUT2D eigenvalue weighted by molar-refractivity contribution is -0.137. The molecule has 3 amide bonds. The van der Waals surface area contributed by atoms with Crippen LogP contribution in [0, 0.1) is 0 Å². The highest BCUT2D eigenvalue weighted by Gasteiger charge is 2.36. The number of halogens is 3. The Labute approximate surface area is 105 Å². The molecule has 0 aliphatic carbocycles. The van der Waals surface area contributed by atoms with Gasteiger partial charge in [-0.05, 0) is 17.7 Å². The molecule has 0 radical (unpaired) electrons. The van der Waals surface area contributed by atoms with Crippen LogP contribution in [0.25, 0.3) is 0 Å². The fourth-order valence-corrected chi connectivity index (χ4v) is 1.72. The second kappa shape index (κ2) is 4.54. The van der Waals surface area contributed by atoms with Crippen molar-refractivity contribution in [3.8, 4) is 0 Å². The van der Waals surface area contributed by atoms with Gasteiger partial charge in [-0.1, -0.05) is 12.1 Å². The van der Waals surface area contributed by atoms with Gasteiger partial charge in [-0.15, -0.1) is 0 Å². The lowest BCUT2D eigenvalue weighted by Gasteiger charge is -2.16. The zero-order valence-electron chi connectivity index (χ0n) is 9.36. The number of benzene rings is 1. The third kappa shape index (κ3) is 2.68. The van der Waals surface area contributed by atoms with Gasteiger partial charge in [0.25, 0.3) is 5.91 Å². The van der Waals surface area contributed by atoms with Gasteiger partial charge in [0.15, 0.2) is 0 Å². The first-order valence-electron chi connectivity index (χ1n) is 5.25. The lowest BCUT2D eigenvalue weighted by Crippen LogP contribution is -2.35. The first-order valence-corrected chi connectivity index (χ1v) is 5.25. The summed E-state index contributed by atoms with van der Waals surface area (Å²) < 4.78 is 37.1. The van der Waals surface area contributed by atoms with E-state index in [9.17, 15) is 27.9 Å². The van der Waals surface area contributed by atoms with Crippen LogP contribution in [0.3, 0.4) is 0 Å². The fourth-order valence-electron chi connectivity index (χ4n) is 1.72. The molecular weight excluding hydrogens is 265 g/mol. The van der Waals surface area contributed by atoms with Crippen molar-refractivity contribution in [3.05, 3.63) is 35.4 Å². The summed E-state index contributed by atoms with van der Waals surface area (Å²) in [5.41, 5.74) is -0.751. The van der Waals surface area contributed by atoms with E-state index in [1.807, 2.05) is 5.32 Å². The van der Waals surface area contributed by atoms with Gasteiger partial charge in [0.1, 0.15) is 12.1 Å². The monoisotopic (exact) mass is 274 g/mol. The highest BCUT2D eigenvalue weighted by molar-refractivity contribution is 6.04. The van der Waals surface area contributed by atoms with Crippen molar-refractivity contribution in [1.82, 2.24) is 10.6 Å². The molecule has 0 saturated carbocycles. The van der Waals surface area contributed by atoms with Crippen LogP contribution in [-0.4, -0.2) is 23.1 Å². The molecule has 1 aliphatic rings. The van der Waals surface area contributed by atoms with Gasteiger partial charge in [-0.3, -0.25) is 10.1 Å². The molecule has 1 saturated heterocycles. The molecule has 0 spiro atoms. The molecule has 2 unspecified atom stereocenters. The summed E-state index contributed by atoms with van der Waals surface area (Å²) in [5, 5.41) is 13.9. The van der Waals surface area contributed by atoms with Crippen molar-refractivity contribution in [3.63, 3.8) is 0 Å². The van der Waals surface area contributed by atoms with Crippen LogP contribution in [0.4, 0.5) is 18.0 Å². The average Bonchev–Trinajstić information content (AvgIpc) is 2.66. The zero-order chi connectivity index (χ0) is 14.2. The number of amides is 3. The zero-order valence-corrected chi connectivity index (χ0v) is 9.36. The molecule has 1 aliphatic heterocycles. The number of rotatable bonds is 2. The van der Waals surface area contributed by atoms with E-state index in [2.05, 4.69) is 5.32 Å². The van der Waals surface area contributed by atoms with Crippen LogP contribution >= 0.6 is 0 Å². The molecule has 0 aromatic heterocycles. The summed E-state index contributed by atoms with van der Waals surface area (Å²) in [5.74, 6) is -0.725. The van der Waals surface area contributed by atoms with E-state index < -0.39 is 35.8 Å². The molecule has 5 nitrogen and oxygen atoms in total. The van der Waals surface area contributed by atoms with E-state index >= 15 is 0 Å². The van der Waals surface area contributed by atoms with Gasteiger partial charge in [0.05, 0.1) is 5.56 Å². The van der Waals surface area contributed by atoms with Crippen LogP contribution in [0.5, 0.6) is 0 Å². The highest BCUT2D eigenvalue weighted by atomic mass is 19.4. The Morgan fingerprint density at radius 2 is 1.74 bits per heavy atom. The Morgan fingerprint density at radius 1 is 1.16 bits per heavy atom. The van der Waals surface area contributed by atoms with E-state index in [0.717, 1.165) is 24.3 Å². The third-order valence-corrected chi connectivity index (χ3v) is 2.70. The number of carbonyl (C=O) groups excluding carboxylic acids is 2. The number of nitrogens with one attached hydrogen (secondary N) is 2. The second-order valence-corrected chi connectivity index (χ2v) is 4.00. The molecule has 1 heterocycles. The van der Waals surface area contributed by atoms with Crippen molar-refractivity contribution in [2.24, 2.45) is 0 Å². The summed E-state index contributed by atoms with van der Waals surface area (Å²) in [6.07, 6.45) is -5.88. The number of alkyl halides is 3. The van der Waals surface area contributed by atoms with Gasteiger partial charge in [-0.25, -0.2) is 4.79 Å². The molecule has 2 atom stereocenters. The van der Waals surface area contributed by atoms with Crippen LogP contribution in [0.2, 0.25) is 0 Å². The minimum atomic E-state index is -4.47. The van der Waals surface area contributed by atoms with Gasteiger partial charge in [0, 0.05) is 0 Å². The Bertz CT molecular complexity index is 513. The van der Waals surface area contributed by atoms with E-state index in [1.54, 1.807) is 0 Å². The molecule has 19 heavy (non-hydrogen) atoms. The average molecular weight is 274 g/mol. The minimum absolute atomic E-state index is 0.107. The summed E-state index contributed by atoms with van der Waals surface area (Å²) >= 11 is 0. The number of aliphatic hydroxyl groups is 1. The number of carbonyl (C=O) groups is 2. The summed E-state index contributed by atoms with van der Waals surface area (Å²) in [6.45, 7) is 0. The van der Waals surface area contributed by atoms with Gasteiger partial charge in [0.2, 0.25) is 0 Å². The molecule has 8 heteroatoms. The van der Waals surface area contributed by atoms with Crippen molar-refractivity contribution in [2.75, 3.05) is 0 Å². The van der Waals surface area contributed by atoms with Crippen molar-refractivity contribution >= 4 is 11.9 Å². The molecule has 1 fully saturated rings. The van der Waals surface area contributed by atoms with E-state index in [1.165, 1.54) is 0 Å².